The number of nitrogens with zero attached hydrogens (tertiary/aromatic N) is 3. The first-order chi connectivity index (χ1) is 20.2. The highest BCUT2D eigenvalue weighted by atomic mass is 35.5. The number of nitrogens with one attached hydrogen (secondary N) is 3. The zero-order valence-electron chi connectivity index (χ0n) is 23.3. The number of anilines is 2. The summed E-state index contributed by atoms with van der Waals surface area (Å²) < 4.78 is 32.7. The maximum absolute atomic E-state index is 14.3. The van der Waals surface area contributed by atoms with Gasteiger partial charge in [-0.3, -0.25) is 4.79 Å². The summed E-state index contributed by atoms with van der Waals surface area (Å²) in [5, 5.41) is 18.2. The van der Waals surface area contributed by atoms with Crippen LogP contribution in [-0.2, 0) is 16.6 Å². The van der Waals surface area contributed by atoms with Gasteiger partial charge in [-0.15, -0.1) is 0 Å². The molecule has 1 saturated carbocycles. The van der Waals surface area contributed by atoms with Crippen LogP contribution in [0, 0.1) is 0 Å². The van der Waals surface area contributed by atoms with Gasteiger partial charge >= 0.3 is 15.2 Å². The second-order valence-electron chi connectivity index (χ2n) is 11.4. The number of benzene rings is 1. The number of rotatable bonds is 3. The number of hydrogen-bond donors (Lipinski definition) is 5. The molecule has 3 aliphatic rings. The fraction of sp³-hybridized carbons (Fsp3) is 0.536. The predicted octanol–water partition coefficient (Wildman–Crippen LogP) is 3.41. The Kier molecular flexibility index (Phi) is 8.47. The number of fused-ring (bicyclic) bond motifs is 5. The van der Waals surface area contributed by atoms with Crippen LogP contribution in [0.15, 0.2) is 29.3 Å². The minimum Gasteiger partial charge on any atom is -0.504 e. The molecular weight excluding hydrogens is 598 g/mol. The summed E-state index contributed by atoms with van der Waals surface area (Å²) in [6, 6.07) is 4.82. The number of pyridine rings is 1. The van der Waals surface area contributed by atoms with Gasteiger partial charge in [-0.25, -0.2) is 9.55 Å². The quantitative estimate of drug-likeness (QED) is 0.275. The molecule has 1 aliphatic carbocycles. The van der Waals surface area contributed by atoms with Crippen molar-refractivity contribution < 1.29 is 22.9 Å². The molecule has 2 bridgehead atoms. The Morgan fingerprint density at radius 2 is 1.98 bits per heavy atom. The van der Waals surface area contributed by atoms with Crippen molar-refractivity contribution in [3.63, 3.8) is 0 Å². The van der Waals surface area contributed by atoms with Gasteiger partial charge in [0.1, 0.15) is 15.4 Å². The minimum atomic E-state index is -4.15. The number of phenols is 1. The smallest absolute Gasteiger partial charge is 0.350 e. The second kappa shape index (κ2) is 12.1. The molecule has 0 radical (unpaired) electrons. The number of thiazole rings is 1. The van der Waals surface area contributed by atoms with E-state index >= 15 is 0 Å². The first-order valence-electron chi connectivity index (χ1n) is 14.6. The third-order valence-electron chi connectivity index (χ3n) is 8.53. The van der Waals surface area contributed by atoms with Crippen molar-refractivity contribution in [3.05, 3.63) is 35.0 Å². The van der Waals surface area contributed by atoms with Crippen LogP contribution in [0.4, 0.5) is 10.9 Å². The van der Waals surface area contributed by atoms with Crippen LogP contribution in [-0.4, -0.2) is 67.1 Å². The van der Waals surface area contributed by atoms with Crippen molar-refractivity contribution in [2.75, 3.05) is 29.7 Å². The zero-order chi connectivity index (χ0) is 29.4. The number of nitrogens with two attached hydrogens (primary N) is 1. The van der Waals surface area contributed by atoms with E-state index in [-0.39, 0.29) is 40.2 Å². The van der Waals surface area contributed by atoms with E-state index in [4.69, 9.17) is 17.3 Å². The van der Waals surface area contributed by atoms with Crippen molar-refractivity contribution >= 4 is 60.0 Å². The molecular formula is C28H37ClN7O4S2+. The summed E-state index contributed by atoms with van der Waals surface area (Å²) in [6.07, 6.45) is 7.82. The largest absolute Gasteiger partial charge is 0.504 e. The van der Waals surface area contributed by atoms with E-state index in [1.807, 2.05) is 4.90 Å². The number of sulfonamides is 1. The van der Waals surface area contributed by atoms with E-state index in [2.05, 4.69) is 20.3 Å². The molecule has 2 fully saturated rings. The molecule has 0 spiro atoms. The molecule has 3 aromatic rings. The van der Waals surface area contributed by atoms with E-state index in [1.54, 1.807) is 10.6 Å². The molecule has 1 saturated heterocycles. The summed E-state index contributed by atoms with van der Waals surface area (Å²) in [4.78, 5) is 20.6. The number of carbonyl (C=O) groups is 1. The molecule has 1 atom stereocenters. The predicted molar refractivity (Wildman–Crippen MR) is 164 cm³/mol. The molecule has 226 valence electrons. The highest BCUT2D eigenvalue weighted by Crippen LogP contribution is 2.37. The first-order valence-corrected chi connectivity index (χ1v) is 17.3. The Hall–Kier alpha value is -2.71. The van der Waals surface area contributed by atoms with Crippen LogP contribution in [0.5, 0.6) is 5.75 Å². The molecule has 14 heteroatoms. The van der Waals surface area contributed by atoms with Gasteiger partial charge in [-0.1, -0.05) is 11.6 Å². The van der Waals surface area contributed by atoms with Gasteiger partial charge in [-0.2, -0.15) is 13.1 Å². The molecule has 1 aromatic carbocycles. The van der Waals surface area contributed by atoms with Crippen molar-refractivity contribution in [1.82, 2.24) is 15.2 Å². The van der Waals surface area contributed by atoms with Crippen molar-refractivity contribution in [3.8, 4) is 5.75 Å². The van der Waals surface area contributed by atoms with Gasteiger partial charge in [-0.05, 0) is 87.4 Å². The molecule has 4 heterocycles. The lowest BCUT2D eigenvalue weighted by molar-refractivity contribution is -0.654. The van der Waals surface area contributed by atoms with E-state index in [0.29, 0.717) is 39.3 Å². The van der Waals surface area contributed by atoms with Crippen molar-refractivity contribution in [1.29, 1.82) is 0 Å². The molecule has 2 aromatic heterocycles. The number of amides is 1. The molecule has 2 aliphatic heterocycles. The number of phenolic OH excluding ortho intramolecular Hbond substituents is 1. The monoisotopic (exact) mass is 634 g/mol. The maximum Gasteiger partial charge on any atom is 0.350 e. The Morgan fingerprint density at radius 1 is 1.17 bits per heavy atom. The molecule has 1 amide bonds. The number of aryl methyl sites for hydroxylation is 1. The number of aromatic hydroxyl groups is 1. The van der Waals surface area contributed by atoms with Crippen LogP contribution in [0.2, 0.25) is 5.02 Å². The van der Waals surface area contributed by atoms with Crippen LogP contribution < -0.4 is 25.7 Å². The van der Waals surface area contributed by atoms with Gasteiger partial charge in [0.15, 0.2) is 11.3 Å². The average Bonchev–Trinajstić information content (AvgIpc) is 3.61. The molecule has 42 heavy (non-hydrogen) atoms. The average molecular weight is 635 g/mol. The van der Waals surface area contributed by atoms with Crippen LogP contribution in [0.1, 0.15) is 61.7 Å². The summed E-state index contributed by atoms with van der Waals surface area (Å²) in [6.45, 7) is 2.63. The Balaban J connectivity index is 1.44. The summed E-state index contributed by atoms with van der Waals surface area (Å²) >= 11 is 7.62. The highest BCUT2D eigenvalue weighted by molar-refractivity contribution is 7.93. The lowest BCUT2D eigenvalue weighted by Gasteiger charge is -2.36. The van der Waals surface area contributed by atoms with Crippen LogP contribution in [0.3, 0.4) is 0 Å². The molecule has 0 unspecified atom stereocenters. The molecule has 11 nitrogen and oxygen atoms in total. The van der Waals surface area contributed by atoms with Gasteiger partial charge in [0.05, 0.1) is 23.3 Å². The lowest BCUT2D eigenvalue weighted by Crippen LogP contribution is -2.45. The second-order valence-corrected chi connectivity index (χ2v) is 14.5. The summed E-state index contributed by atoms with van der Waals surface area (Å²) in [7, 11) is -4.15. The topological polar surface area (TPSA) is 154 Å². The number of halogens is 1. The fourth-order valence-electron chi connectivity index (χ4n) is 6.20. The first kappa shape index (κ1) is 29.4. The van der Waals surface area contributed by atoms with Gasteiger partial charge in [0.2, 0.25) is 0 Å². The summed E-state index contributed by atoms with van der Waals surface area (Å²) in [5.41, 5.74) is 6.94. The van der Waals surface area contributed by atoms with E-state index < -0.39 is 10.0 Å². The van der Waals surface area contributed by atoms with Crippen LogP contribution >= 0.6 is 22.9 Å². The Morgan fingerprint density at radius 3 is 2.74 bits per heavy atom. The maximum atomic E-state index is 14.3. The molecule has 6 N–H and O–H groups in total. The minimum absolute atomic E-state index is 0.0327. The normalized spacial score (nSPS) is 25.0. The van der Waals surface area contributed by atoms with E-state index in [0.717, 1.165) is 64.5 Å². The zero-order valence-corrected chi connectivity index (χ0v) is 25.7. The fourth-order valence-corrected chi connectivity index (χ4v) is 8.85. The van der Waals surface area contributed by atoms with Gasteiger partial charge < -0.3 is 26.4 Å². The summed E-state index contributed by atoms with van der Waals surface area (Å²) in [5.74, 6) is 0.218. The highest BCUT2D eigenvalue weighted by Gasteiger charge is 2.34. The molecule has 6 rings (SSSR count). The third kappa shape index (κ3) is 5.89. The van der Waals surface area contributed by atoms with Gasteiger partial charge in [0, 0.05) is 31.2 Å². The number of carbonyl (C=O) groups excluding carboxylic acids is 1. The van der Waals surface area contributed by atoms with Gasteiger partial charge in [0.25, 0.3) is 5.91 Å². The standard InChI is InChI=1S/C28H36ClN7O4S2/c29-22-8-9-23(37)24-25(22)41-28-34-42(39,40)20-14-21(26(32-16-20)33-18-10-11-31-15-18)27(38)35(12-2-1-3-13-36(24)28)19-6-4-17(30)5-7-19/h8-9,14,16-19,31H,1-7,10-13,15,30H2,(H2,32,33,37,38)/p+1/t17?,18-,19?/m0/s1. The van der Waals surface area contributed by atoms with Crippen molar-refractivity contribution in [2.24, 2.45) is 5.73 Å². The lowest BCUT2D eigenvalue weighted by atomic mass is 9.90. The van der Waals surface area contributed by atoms with Crippen LogP contribution in [0.25, 0.3) is 10.2 Å². The Labute approximate surface area is 254 Å². The van der Waals surface area contributed by atoms with E-state index in [9.17, 15) is 18.3 Å². The number of aromatic nitrogens is 2. The third-order valence-corrected chi connectivity index (χ3v) is 11.5. The van der Waals surface area contributed by atoms with E-state index in [1.165, 1.54) is 29.7 Å². The Bertz CT molecular complexity index is 1580. The number of hydrogen-bond acceptors (Lipinski definition) is 9. The van der Waals surface area contributed by atoms with Crippen molar-refractivity contribution in [2.45, 2.75) is 80.9 Å². The SMILES string of the molecule is NC1CCC(N2CCCCC[n+]3c(sc4c(Cl)ccc(O)c43)NS(=O)(=O)c3cnc(N[C@H]4CCNC4)c(c3)C2=O)CC1.